The third-order valence-corrected chi connectivity index (χ3v) is 2.28. The number of pyridine rings is 1. The Morgan fingerprint density at radius 1 is 1.29 bits per heavy atom. The van der Waals surface area contributed by atoms with Gasteiger partial charge in [-0.15, -0.1) is 0 Å². The minimum Gasteiger partial charge on any atom is -0.322 e. The lowest BCUT2D eigenvalue weighted by molar-refractivity contribution is 0.102. The molecule has 1 heterocycles. The third-order valence-electron chi connectivity index (χ3n) is 2.07. The summed E-state index contributed by atoms with van der Waals surface area (Å²) in [6, 6.07) is 8.56. The van der Waals surface area contributed by atoms with Crippen molar-refractivity contribution in [1.29, 1.82) is 0 Å². The number of carbonyl (C=O) groups is 1. The predicted molar refractivity (Wildman–Crippen MR) is 63.6 cm³/mol. The summed E-state index contributed by atoms with van der Waals surface area (Å²) in [5.41, 5.74) is 0.761. The van der Waals surface area contributed by atoms with E-state index in [1.54, 1.807) is 6.07 Å². The summed E-state index contributed by atoms with van der Waals surface area (Å²) in [7, 11) is 0. The Morgan fingerprint density at radius 3 is 2.82 bits per heavy atom. The van der Waals surface area contributed by atoms with Gasteiger partial charge in [-0.25, -0.2) is 9.37 Å². The number of benzene rings is 1. The van der Waals surface area contributed by atoms with Gasteiger partial charge in [0.15, 0.2) is 0 Å². The molecular formula is C12H8ClFN2O. The van der Waals surface area contributed by atoms with E-state index in [0.29, 0.717) is 5.69 Å². The van der Waals surface area contributed by atoms with Crippen LogP contribution in [0.2, 0.25) is 5.15 Å². The van der Waals surface area contributed by atoms with E-state index in [1.807, 2.05) is 0 Å². The highest BCUT2D eigenvalue weighted by Crippen LogP contribution is 2.13. The molecule has 0 atom stereocenters. The number of hydrogen-bond donors (Lipinski definition) is 1. The van der Waals surface area contributed by atoms with Gasteiger partial charge >= 0.3 is 0 Å². The lowest BCUT2D eigenvalue weighted by Gasteiger charge is -2.05. The van der Waals surface area contributed by atoms with Crippen LogP contribution < -0.4 is 5.32 Å². The fraction of sp³-hybridized carbons (Fsp3) is 0. The molecule has 17 heavy (non-hydrogen) atoms. The minimum atomic E-state index is -0.453. The van der Waals surface area contributed by atoms with Crippen LogP contribution >= 0.6 is 11.6 Å². The first kappa shape index (κ1) is 11.5. The van der Waals surface area contributed by atoms with Crippen molar-refractivity contribution in [2.24, 2.45) is 0 Å². The highest BCUT2D eigenvalue weighted by molar-refractivity contribution is 6.29. The number of nitrogens with zero attached hydrogens (tertiary/aromatic N) is 1. The first-order valence-corrected chi connectivity index (χ1v) is 5.21. The molecule has 0 saturated carbocycles. The highest BCUT2D eigenvalue weighted by Gasteiger charge is 2.06. The lowest BCUT2D eigenvalue weighted by Crippen LogP contribution is -2.12. The van der Waals surface area contributed by atoms with E-state index in [9.17, 15) is 9.18 Å². The van der Waals surface area contributed by atoms with Crippen LogP contribution in [0.15, 0.2) is 42.6 Å². The maximum Gasteiger partial charge on any atom is 0.255 e. The normalized spacial score (nSPS) is 10.0. The van der Waals surface area contributed by atoms with Crippen molar-refractivity contribution in [1.82, 2.24) is 4.98 Å². The van der Waals surface area contributed by atoms with Crippen molar-refractivity contribution in [2.45, 2.75) is 0 Å². The lowest BCUT2D eigenvalue weighted by atomic mass is 10.2. The van der Waals surface area contributed by atoms with Gasteiger partial charge in [-0.2, -0.15) is 0 Å². The number of aromatic nitrogens is 1. The van der Waals surface area contributed by atoms with Gasteiger partial charge in [0.1, 0.15) is 11.0 Å². The Bertz CT molecular complexity index is 560. The fourth-order valence-corrected chi connectivity index (χ4v) is 1.49. The van der Waals surface area contributed by atoms with Gasteiger partial charge in [0.25, 0.3) is 5.91 Å². The number of halogens is 2. The molecule has 1 aromatic carbocycles. The second-order valence-electron chi connectivity index (χ2n) is 3.33. The van der Waals surface area contributed by atoms with Crippen LogP contribution in [0.5, 0.6) is 0 Å². The zero-order chi connectivity index (χ0) is 12.3. The van der Waals surface area contributed by atoms with Gasteiger partial charge in [-0.1, -0.05) is 17.7 Å². The van der Waals surface area contributed by atoms with Crippen molar-refractivity contribution in [3.63, 3.8) is 0 Å². The molecule has 1 amide bonds. The van der Waals surface area contributed by atoms with E-state index in [0.717, 1.165) is 6.07 Å². The highest BCUT2D eigenvalue weighted by atomic mass is 35.5. The van der Waals surface area contributed by atoms with E-state index < -0.39 is 11.7 Å². The molecule has 0 fully saturated rings. The van der Waals surface area contributed by atoms with Crippen LogP contribution in [0, 0.1) is 5.82 Å². The Morgan fingerprint density at radius 2 is 2.12 bits per heavy atom. The monoisotopic (exact) mass is 250 g/mol. The number of rotatable bonds is 2. The molecule has 0 aliphatic carbocycles. The first-order chi connectivity index (χ1) is 8.15. The minimum absolute atomic E-state index is 0.248. The summed E-state index contributed by atoms with van der Waals surface area (Å²) in [5, 5.41) is 2.88. The van der Waals surface area contributed by atoms with Gasteiger partial charge in [-0.3, -0.25) is 4.79 Å². The summed E-state index contributed by atoms with van der Waals surface area (Å²) in [5.74, 6) is -0.850. The Balaban J connectivity index is 2.17. The van der Waals surface area contributed by atoms with E-state index >= 15 is 0 Å². The average molecular weight is 251 g/mol. The molecule has 2 aromatic rings. The van der Waals surface area contributed by atoms with Gasteiger partial charge in [0.05, 0.1) is 0 Å². The number of carbonyl (C=O) groups excluding carboxylic acids is 1. The SMILES string of the molecule is O=C(Nc1ccnc(Cl)c1)c1cccc(F)c1. The van der Waals surface area contributed by atoms with Gasteiger partial charge in [0, 0.05) is 17.4 Å². The zero-order valence-corrected chi connectivity index (χ0v) is 9.41. The second kappa shape index (κ2) is 4.93. The molecule has 1 aromatic heterocycles. The number of hydrogen-bond acceptors (Lipinski definition) is 2. The molecule has 0 unspecified atom stereocenters. The maximum absolute atomic E-state index is 12.9. The van der Waals surface area contributed by atoms with Crippen molar-refractivity contribution in [3.8, 4) is 0 Å². The molecule has 0 aliphatic heterocycles. The zero-order valence-electron chi connectivity index (χ0n) is 8.65. The molecule has 5 heteroatoms. The molecule has 0 saturated heterocycles. The van der Waals surface area contributed by atoms with Crippen LogP contribution in [0.1, 0.15) is 10.4 Å². The van der Waals surface area contributed by atoms with Crippen molar-refractivity contribution < 1.29 is 9.18 Å². The standard InChI is InChI=1S/C12H8ClFN2O/c13-11-7-10(4-5-15-11)16-12(17)8-2-1-3-9(14)6-8/h1-7H,(H,15,16,17). The Labute approximate surface area is 102 Å². The number of amides is 1. The summed E-state index contributed by atoms with van der Waals surface area (Å²) < 4.78 is 12.9. The molecule has 86 valence electrons. The molecule has 1 N–H and O–H groups in total. The fourth-order valence-electron chi connectivity index (χ4n) is 1.31. The van der Waals surface area contributed by atoms with Crippen LogP contribution in [0.4, 0.5) is 10.1 Å². The number of nitrogens with one attached hydrogen (secondary N) is 1. The van der Waals surface area contributed by atoms with E-state index in [-0.39, 0.29) is 10.7 Å². The largest absolute Gasteiger partial charge is 0.322 e. The molecule has 0 bridgehead atoms. The summed E-state index contributed by atoms with van der Waals surface area (Å²) in [4.78, 5) is 15.5. The van der Waals surface area contributed by atoms with Gasteiger partial charge < -0.3 is 5.32 Å². The van der Waals surface area contributed by atoms with Crippen LogP contribution in [-0.4, -0.2) is 10.9 Å². The van der Waals surface area contributed by atoms with Crippen LogP contribution in [0.3, 0.4) is 0 Å². The number of anilines is 1. The third kappa shape index (κ3) is 3.01. The molecular weight excluding hydrogens is 243 g/mol. The second-order valence-corrected chi connectivity index (χ2v) is 3.72. The van der Waals surface area contributed by atoms with Crippen LogP contribution in [-0.2, 0) is 0 Å². The van der Waals surface area contributed by atoms with Gasteiger partial charge in [0.2, 0.25) is 0 Å². The molecule has 0 radical (unpaired) electrons. The van der Waals surface area contributed by atoms with Crippen LogP contribution in [0.25, 0.3) is 0 Å². The Hall–Kier alpha value is -1.94. The molecule has 0 spiro atoms. The van der Waals surface area contributed by atoms with E-state index in [4.69, 9.17) is 11.6 Å². The average Bonchev–Trinajstić information content (AvgIpc) is 2.29. The molecule has 2 rings (SSSR count). The summed E-state index contributed by atoms with van der Waals surface area (Å²) in [6.45, 7) is 0. The first-order valence-electron chi connectivity index (χ1n) is 4.83. The maximum atomic E-state index is 12.9. The summed E-state index contributed by atoms with van der Waals surface area (Å²) >= 11 is 5.68. The van der Waals surface area contributed by atoms with E-state index in [2.05, 4.69) is 10.3 Å². The summed E-state index contributed by atoms with van der Waals surface area (Å²) in [6.07, 6.45) is 1.48. The molecule has 0 aliphatic rings. The predicted octanol–water partition coefficient (Wildman–Crippen LogP) is 3.13. The van der Waals surface area contributed by atoms with Crippen molar-refractivity contribution in [2.75, 3.05) is 5.32 Å². The quantitative estimate of drug-likeness (QED) is 0.832. The smallest absolute Gasteiger partial charge is 0.255 e. The molecule has 3 nitrogen and oxygen atoms in total. The Kier molecular flexibility index (Phi) is 3.35. The van der Waals surface area contributed by atoms with Crippen molar-refractivity contribution >= 4 is 23.2 Å². The topological polar surface area (TPSA) is 42.0 Å². The van der Waals surface area contributed by atoms with E-state index in [1.165, 1.54) is 30.5 Å². The van der Waals surface area contributed by atoms with Gasteiger partial charge in [-0.05, 0) is 30.3 Å². The van der Waals surface area contributed by atoms with Crippen molar-refractivity contribution in [3.05, 3.63) is 59.1 Å².